The summed E-state index contributed by atoms with van der Waals surface area (Å²) >= 11 is 0. The van der Waals surface area contributed by atoms with Gasteiger partial charge in [0.2, 0.25) is 5.88 Å². The maximum Gasteiger partial charge on any atom is 0.238 e. The molecule has 5 rings (SSSR count). The third kappa shape index (κ3) is 5.31. The van der Waals surface area contributed by atoms with Crippen LogP contribution in [0.3, 0.4) is 0 Å². The molecule has 0 amide bonds. The van der Waals surface area contributed by atoms with Crippen molar-refractivity contribution in [1.29, 1.82) is 0 Å². The second-order valence-electron chi connectivity index (χ2n) is 9.18. The largest absolute Gasteiger partial charge is 0.476 e. The van der Waals surface area contributed by atoms with Gasteiger partial charge in [0, 0.05) is 44.6 Å². The van der Waals surface area contributed by atoms with E-state index in [2.05, 4.69) is 102 Å². The zero-order valence-corrected chi connectivity index (χ0v) is 20.3. The molecule has 5 nitrogen and oxygen atoms in total. The van der Waals surface area contributed by atoms with Crippen LogP contribution < -0.4 is 9.64 Å². The maximum absolute atomic E-state index is 9.22. The second-order valence-corrected chi connectivity index (χ2v) is 9.18. The highest BCUT2D eigenvalue weighted by Gasteiger charge is 2.28. The van der Waals surface area contributed by atoms with E-state index in [0.29, 0.717) is 18.9 Å². The number of nitrogens with zero attached hydrogens (tertiary/aromatic N) is 3. The summed E-state index contributed by atoms with van der Waals surface area (Å²) in [5, 5.41) is 10.3. The molecule has 1 fully saturated rings. The topological polar surface area (TPSA) is 48.8 Å². The third-order valence-electron chi connectivity index (χ3n) is 6.71. The number of benzene rings is 3. The van der Waals surface area contributed by atoms with E-state index >= 15 is 0 Å². The van der Waals surface area contributed by atoms with E-state index in [4.69, 9.17) is 9.72 Å². The van der Waals surface area contributed by atoms with Gasteiger partial charge in [-0.2, -0.15) is 0 Å². The molecule has 0 unspecified atom stereocenters. The van der Waals surface area contributed by atoms with Crippen LogP contribution in [0, 0.1) is 6.92 Å². The summed E-state index contributed by atoms with van der Waals surface area (Å²) in [4.78, 5) is 9.84. The molecule has 1 aliphatic rings. The average Bonchev–Trinajstić information content (AvgIpc) is 2.90. The monoisotopic (exact) mass is 467 g/mol. The van der Waals surface area contributed by atoms with Crippen molar-refractivity contribution in [3.63, 3.8) is 0 Å². The Balaban J connectivity index is 1.40. The standard InChI is InChI=1S/C30H33N3O2/c1-23-13-14-26-22-28(30(31-27(26)21-23)35-20-8-19-34)32-15-17-33(18-16-32)29(24-9-4-2-5-10-24)25-11-6-3-7-12-25/h2-7,9-14,21-22,29,34H,8,15-20H2,1H3. The quantitative estimate of drug-likeness (QED) is 0.360. The van der Waals surface area contributed by atoms with Gasteiger partial charge in [0.25, 0.3) is 0 Å². The molecule has 180 valence electrons. The lowest BCUT2D eigenvalue weighted by atomic mass is 9.96. The molecule has 35 heavy (non-hydrogen) atoms. The fourth-order valence-electron chi connectivity index (χ4n) is 4.92. The number of ether oxygens (including phenoxy) is 1. The van der Waals surface area contributed by atoms with Crippen LogP contribution in [0.25, 0.3) is 10.9 Å². The summed E-state index contributed by atoms with van der Waals surface area (Å²) in [6.07, 6.45) is 0.594. The first-order chi connectivity index (χ1) is 17.2. The predicted octanol–water partition coefficient (Wildman–Crippen LogP) is 5.22. The molecule has 3 aromatic carbocycles. The molecule has 1 N–H and O–H groups in total. The van der Waals surface area contributed by atoms with Crippen LogP contribution in [-0.4, -0.2) is 54.4 Å². The van der Waals surface area contributed by atoms with Gasteiger partial charge in [-0.15, -0.1) is 0 Å². The minimum Gasteiger partial charge on any atom is -0.476 e. The lowest BCUT2D eigenvalue weighted by molar-refractivity contribution is 0.210. The first kappa shape index (κ1) is 23.3. The molecule has 5 heteroatoms. The Morgan fingerprint density at radius 3 is 2.14 bits per heavy atom. The van der Waals surface area contributed by atoms with Crippen LogP contribution in [0.15, 0.2) is 84.9 Å². The SMILES string of the molecule is Cc1ccc2cc(N3CCN(C(c4ccccc4)c4ccccc4)CC3)c(OCCCO)nc2c1. The summed E-state index contributed by atoms with van der Waals surface area (Å²) in [6.45, 7) is 6.32. The zero-order valence-electron chi connectivity index (χ0n) is 20.3. The Morgan fingerprint density at radius 2 is 1.51 bits per heavy atom. The number of aliphatic hydroxyl groups excluding tert-OH is 1. The van der Waals surface area contributed by atoms with E-state index in [-0.39, 0.29) is 12.6 Å². The van der Waals surface area contributed by atoms with Crippen LogP contribution in [0.1, 0.15) is 29.2 Å². The molecule has 1 aliphatic heterocycles. The molecule has 0 radical (unpaired) electrons. The number of aromatic nitrogens is 1. The number of hydrogen-bond donors (Lipinski definition) is 1. The van der Waals surface area contributed by atoms with Crippen molar-refractivity contribution >= 4 is 16.6 Å². The first-order valence-corrected chi connectivity index (χ1v) is 12.5. The molecular weight excluding hydrogens is 434 g/mol. The van der Waals surface area contributed by atoms with Crippen LogP contribution in [0.4, 0.5) is 5.69 Å². The number of rotatable bonds is 8. The molecule has 0 atom stereocenters. The first-order valence-electron chi connectivity index (χ1n) is 12.5. The van der Waals surface area contributed by atoms with Gasteiger partial charge >= 0.3 is 0 Å². The van der Waals surface area contributed by atoms with Crippen molar-refractivity contribution in [2.24, 2.45) is 0 Å². The molecule has 4 aromatic rings. The van der Waals surface area contributed by atoms with Crippen LogP contribution in [0.2, 0.25) is 0 Å². The molecular formula is C30H33N3O2. The van der Waals surface area contributed by atoms with E-state index in [1.54, 1.807) is 0 Å². The normalized spacial score (nSPS) is 14.5. The van der Waals surface area contributed by atoms with Crippen molar-refractivity contribution in [3.8, 4) is 5.88 Å². The van der Waals surface area contributed by atoms with Gasteiger partial charge in [0.1, 0.15) is 5.69 Å². The minimum atomic E-state index is 0.112. The van der Waals surface area contributed by atoms with Gasteiger partial charge in [-0.1, -0.05) is 72.8 Å². The Kier molecular flexibility index (Phi) is 7.26. The van der Waals surface area contributed by atoms with Gasteiger partial charge in [-0.05, 0) is 35.7 Å². The van der Waals surface area contributed by atoms with Gasteiger partial charge in [0.05, 0.1) is 18.2 Å². The summed E-state index contributed by atoms with van der Waals surface area (Å²) in [5.41, 5.74) is 5.81. The third-order valence-corrected chi connectivity index (χ3v) is 6.71. The molecule has 0 spiro atoms. The van der Waals surface area contributed by atoms with E-state index in [1.807, 2.05) is 0 Å². The zero-order chi connectivity index (χ0) is 24.0. The van der Waals surface area contributed by atoms with Gasteiger partial charge in [-0.25, -0.2) is 4.98 Å². The number of aliphatic hydroxyl groups is 1. The number of fused-ring (bicyclic) bond motifs is 1. The molecule has 2 heterocycles. The van der Waals surface area contributed by atoms with Crippen molar-refractivity contribution in [2.75, 3.05) is 44.3 Å². The van der Waals surface area contributed by atoms with Crippen LogP contribution in [0.5, 0.6) is 5.88 Å². The Hall–Kier alpha value is -3.41. The summed E-state index contributed by atoms with van der Waals surface area (Å²) in [5.74, 6) is 0.660. The second kappa shape index (κ2) is 10.9. The summed E-state index contributed by atoms with van der Waals surface area (Å²) in [6, 6.07) is 30.4. The Morgan fingerprint density at radius 1 is 0.857 bits per heavy atom. The number of hydrogen-bond acceptors (Lipinski definition) is 5. The number of pyridine rings is 1. The Bertz CT molecular complexity index is 1200. The number of anilines is 1. The lowest BCUT2D eigenvalue weighted by Crippen LogP contribution is -2.48. The fourth-order valence-corrected chi connectivity index (χ4v) is 4.92. The Labute approximate surface area is 207 Å². The molecule has 0 saturated carbocycles. The number of aryl methyl sites for hydroxylation is 1. The minimum absolute atomic E-state index is 0.112. The molecule has 0 bridgehead atoms. The molecule has 1 aromatic heterocycles. The van der Waals surface area contributed by atoms with E-state index in [1.165, 1.54) is 16.7 Å². The smallest absolute Gasteiger partial charge is 0.238 e. The van der Waals surface area contributed by atoms with Crippen molar-refractivity contribution in [2.45, 2.75) is 19.4 Å². The predicted molar refractivity (Wildman–Crippen MR) is 142 cm³/mol. The maximum atomic E-state index is 9.22. The molecule has 0 aliphatic carbocycles. The van der Waals surface area contributed by atoms with Gasteiger partial charge < -0.3 is 14.7 Å². The lowest BCUT2D eigenvalue weighted by Gasteiger charge is -2.41. The number of piperazine rings is 1. The highest BCUT2D eigenvalue weighted by atomic mass is 16.5. The summed E-state index contributed by atoms with van der Waals surface area (Å²) < 4.78 is 6.07. The van der Waals surface area contributed by atoms with Crippen molar-refractivity contribution in [3.05, 3.63) is 102 Å². The van der Waals surface area contributed by atoms with Crippen molar-refractivity contribution in [1.82, 2.24) is 9.88 Å². The van der Waals surface area contributed by atoms with E-state index < -0.39 is 0 Å². The highest BCUT2D eigenvalue weighted by molar-refractivity contribution is 5.84. The highest BCUT2D eigenvalue weighted by Crippen LogP contribution is 2.34. The van der Waals surface area contributed by atoms with Gasteiger partial charge in [0.15, 0.2) is 0 Å². The van der Waals surface area contributed by atoms with Crippen molar-refractivity contribution < 1.29 is 9.84 Å². The van der Waals surface area contributed by atoms with Gasteiger partial charge in [-0.3, -0.25) is 4.90 Å². The summed E-state index contributed by atoms with van der Waals surface area (Å²) in [7, 11) is 0. The van der Waals surface area contributed by atoms with E-state index in [9.17, 15) is 5.11 Å². The van der Waals surface area contributed by atoms with Crippen LogP contribution >= 0.6 is 0 Å². The molecule has 1 saturated heterocycles. The fraction of sp³-hybridized carbons (Fsp3) is 0.300. The van der Waals surface area contributed by atoms with E-state index in [0.717, 1.165) is 42.8 Å². The average molecular weight is 468 g/mol. The van der Waals surface area contributed by atoms with Crippen LogP contribution in [-0.2, 0) is 0 Å².